The van der Waals surface area contributed by atoms with E-state index in [1.165, 1.54) is 23.1 Å². The molecule has 31 heavy (non-hydrogen) atoms. The first-order valence-electron chi connectivity index (χ1n) is 10.0. The number of ether oxygens (including phenoxy) is 1. The minimum absolute atomic E-state index is 0.0171. The molecule has 1 aliphatic heterocycles. The van der Waals surface area contributed by atoms with Gasteiger partial charge >= 0.3 is 0 Å². The molecule has 1 fully saturated rings. The lowest BCUT2D eigenvalue weighted by Gasteiger charge is -2.15. The van der Waals surface area contributed by atoms with Gasteiger partial charge in [-0.3, -0.25) is 14.2 Å². The van der Waals surface area contributed by atoms with Crippen molar-refractivity contribution >= 4 is 49.4 Å². The second kappa shape index (κ2) is 8.81. The summed E-state index contributed by atoms with van der Waals surface area (Å²) in [6.45, 7) is 1.46. The third-order valence-electron chi connectivity index (χ3n) is 5.10. The first-order valence-corrected chi connectivity index (χ1v) is 11.8. The van der Waals surface area contributed by atoms with E-state index in [4.69, 9.17) is 14.1 Å². The second-order valence-corrected chi connectivity index (χ2v) is 9.17. The maximum absolute atomic E-state index is 13.4. The lowest BCUT2D eigenvalue weighted by Crippen LogP contribution is -2.29. The van der Waals surface area contributed by atoms with Crippen LogP contribution in [0.25, 0.3) is 20.4 Å². The van der Waals surface area contributed by atoms with E-state index >= 15 is 0 Å². The van der Waals surface area contributed by atoms with Gasteiger partial charge < -0.3 is 14.5 Å². The van der Waals surface area contributed by atoms with Gasteiger partial charge in [0.15, 0.2) is 5.16 Å². The van der Waals surface area contributed by atoms with Gasteiger partial charge in [-0.15, -0.1) is 11.3 Å². The molecule has 0 aromatic carbocycles. The average molecular weight is 457 g/mol. The number of carbonyl (C=O) groups excluding carboxylic acids is 1. The van der Waals surface area contributed by atoms with Gasteiger partial charge in [-0.1, -0.05) is 11.8 Å². The molecule has 0 aliphatic carbocycles. The molecule has 0 spiro atoms. The Morgan fingerprint density at radius 1 is 1.35 bits per heavy atom. The van der Waals surface area contributed by atoms with E-state index in [2.05, 4.69) is 10.3 Å². The fourth-order valence-electron chi connectivity index (χ4n) is 3.58. The smallest absolute Gasteiger partial charge is 0.272 e. The Hall–Kier alpha value is -2.69. The van der Waals surface area contributed by atoms with Crippen LogP contribution in [0.5, 0.6) is 0 Å². The molecule has 4 aromatic rings. The summed E-state index contributed by atoms with van der Waals surface area (Å²) in [6.07, 6.45) is 5.16. The first-order chi connectivity index (χ1) is 15.2. The van der Waals surface area contributed by atoms with Crippen LogP contribution in [-0.2, 0) is 22.6 Å². The molecule has 4 aromatic heterocycles. The van der Waals surface area contributed by atoms with Gasteiger partial charge in [0.05, 0.1) is 36.7 Å². The summed E-state index contributed by atoms with van der Waals surface area (Å²) >= 11 is 2.61. The van der Waals surface area contributed by atoms with Gasteiger partial charge in [-0.25, -0.2) is 9.97 Å². The summed E-state index contributed by atoms with van der Waals surface area (Å²) in [4.78, 5) is 35.7. The minimum atomic E-state index is -0.156. The van der Waals surface area contributed by atoms with Crippen LogP contribution in [0.1, 0.15) is 18.6 Å². The van der Waals surface area contributed by atoms with Crippen LogP contribution in [0.4, 0.5) is 0 Å². The van der Waals surface area contributed by atoms with Crippen molar-refractivity contribution in [3.05, 3.63) is 52.8 Å². The molecule has 8 nitrogen and oxygen atoms in total. The number of thiophene rings is 1. The monoisotopic (exact) mass is 456 g/mol. The molecule has 10 heteroatoms. The quantitative estimate of drug-likeness (QED) is 0.337. The van der Waals surface area contributed by atoms with Crippen LogP contribution in [0, 0.1) is 0 Å². The summed E-state index contributed by atoms with van der Waals surface area (Å²) in [5.41, 5.74) is 0.530. The molecular formula is C21H20N4O4S2. The summed E-state index contributed by atoms with van der Waals surface area (Å²) in [7, 11) is 0. The highest BCUT2D eigenvalue weighted by Crippen LogP contribution is 2.30. The number of hydrogen-bond donors (Lipinski definition) is 1. The number of hydrogen-bond acceptors (Lipinski definition) is 8. The fourth-order valence-corrected chi connectivity index (χ4v) is 5.45. The van der Waals surface area contributed by atoms with E-state index in [0.29, 0.717) is 40.8 Å². The van der Waals surface area contributed by atoms with Crippen LogP contribution in [0.15, 0.2) is 51.1 Å². The van der Waals surface area contributed by atoms with Gasteiger partial charge in [0, 0.05) is 18.2 Å². The fraction of sp³-hybridized carbons (Fsp3) is 0.333. The Morgan fingerprint density at radius 3 is 3.10 bits per heavy atom. The molecule has 1 saturated heterocycles. The van der Waals surface area contributed by atoms with Crippen LogP contribution in [-0.4, -0.2) is 38.9 Å². The normalized spacial score (nSPS) is 16.3. The third-order valence-corrected chi connectivity index (χ3v) is 7.17. The Balaban J connectivity index is 1.44. The number of nitrogens with zero attached hydrogens (tertiary/aromatic N) is 3. The molecule has 0 saturated carbocycles. The van der Waals surface area contributed by atoms with Crippen LogP contribution in [0.3, 0.4) is 0 Å². The molecular weight excluding hydrogens is 436 g/mol. The van der Waals surface area contributed by atoms with Crippen molar-refractivity contribution in [1.29, 1.82) is 0 Å². The van der Waals surface area contributed by atoms with E-state index in [1.54, 1.807) is 29.2 Å². The standard InChI is InChI=1S/C21H20N4O4S2/c26-16(23-10-13-4-2-8-28-13)12-30-21-24-17-15-6-1-7-22-19(15)31-18(17)20(27)25(21)11-14-5-3-9-29-14/h1-2,4,6-8,14H,3,5,9-12H2,(H,23,26)/t14-/m1/s1. The molecule has 5 rings (SSSR count). The number of furan rings is 1. The summed E-state index contributed by atoms with van der Waals surface area (Å²) in [5, 5.41) is 4.20. The van der Waals surface area contributed by atoms with E-state index in [0.717, 1.165) is 23.1 Å². The number of aromatic nitrogens is 3. The Kier molecular flexibility index (Phi) is 5.75. The number of fused-ring (bicyclic) bond motifs is 3. The van der Waals surface area contributed by atoms with E-state index in [-0.39, 0.29) is 23.3 Å². The molecule has 1 atom stereocenters. The van der Waals surface area contributed by atoms with Crippen molar-refractivity contribution < 1.29 is 13.9 Å². The Labute approximate surface area is 185 Å². The summed E-state index contributed by atoms with van der Waals surface area (Å²) < 4.78 is 13.2. The van der Waals surface area contributed by atoms with Crippen molar-refractivity contribution in [2.24, 2.45) is 0 Å². The van der Waals surface area contributed by atoms with Crippen LogP contribution < -0.4 is 10.9 Å². The van der Waals surface area contributed by atoms with Crippen molar-refractivity contribution in [2.75, 3.05) is 12.4 Å². The maximum Gasteiger partial charge on any atom is 0.272 e. The number of thioether (sulfide) groups is 1. The highest BCUT2D eigenvalue weighted by atomic mass is 32.2. The molecule has 5 heterocycles. The van der Waals surface area contributed by atoms with E-state index < -0.39 is 0 Å². The highest BCUT2D eigenvalue weighted by molar-refractivity contribution is 7.99. The molecule has 160 valence electrons. The van der Waals surface area contributed by atoms with Crippen LogP contribution >= 0.6 is 23.1 Å². The van der Waals surface area contributed by atoms with E-state index in [9.17, 15) is 9.59 Å². The third kappa shape index (κ3) is 4.23. The molecule has 1 amide bonds. The zero-order valence-electron chi connectivity index (χ0n) is 16.6. The molecule has 1 N–H and O–H groups in total. The molecule has 0 unspecified atom stereocenters. The lowest BCUT2D eigenvalue weighted by molar-refractivity contribution is -0.118. The van der Waals surface area contributed by atoms with Gasteiger partial charge in [0.2, 0.25) is 5.91 Å². The topological polar surface area (TPSA) is 99.2 Å². The lowest BCUT2D eigenvalue weighted by atomic mass is 10.2. The summed E-state index contributed by atoms with van der Waals surface area (Å²) in [5.74, 6) is 0.673. The van der Waals surface area contributed by atoms with Gasteiger partial charge in [0.25, 0.3) is 5.56 Å². The maximum atomic E-state index is 13.4. The second-order valence-electron chi connectivity index (χ2n) is 7.23. The van der Waals surface area contributed by atoms with Gasteiger partial charge in [-0.2, -0.15) is 0 Å². The molecule has 1 aliphatic rings. The zero-order valence-corrected chi connectivity index (χ0v) is 18.2. The number of amides is 1. The van der Waals surface area contributed by atoms with E-state index in [1.807, 2.05) is 12.1 Å². The van der Waals surface area contributed by atoms with Crippen molar-refractivity contribution in [3.8, 4) is 0 Å². The number of carbonyl (C=O) groups is 1. The van der Waals surface area contributed by atoms with Crippen molar-refractivity contribution in [1.82, 2.24) is 19.9 Å². The van der Waals surface area contributed by atoms with Crippen LogP contribution in [0.2, 0.25) is 0 Å². The van der Waals surface area contributed by atoms with Gasteiger partial charge in [-0.05, 0) is 37.1 Å². The predicted octanol–water partition coefficient (Wildman–Crippen LogP) is 3.19. The minimum Gasteiger partial charge on any atom is -0.467 e. The van der Waals surface area contributed by atoms with Crippen molar-refractivity contribution in [3.63, 3.8) is 0 Å². The number of pyridine rings is 1. The Bertz CT molecular complexity index is 1280. The predicted molar refractivity (Wildman–Crippen MR) is 119 cm³/mol. The number of rotatable bonds is 7. The summed E-state index contributed by atoms with van der Waals surface area (Å²) in [6, 6.07) is 7.34. The molecule has 0 bridgehead atoms. The van der Waals surface area contributed by atoms with Gasteiger partial charge in [0.1, 0.15) is 15.3 Å². The largest absolute Gasteiger partial charge is 0.467 e. The Morgan fingerprint density at radius 2 is 2.29 bits per heavy atom. The van der Waals surface area contributed by atoms with Crippen molar-refractivity contribution in [2.45, 2.75) is 37.2 Å². The first kappa shape index (κ1) is 20.2. The molecule has 0 radical (unpaired) electrons. The highest BCUT2D eigenvalue weighted by Gasteiger charge is 2.22. The zero-order chi connectivity index (χ0) is 21.2. The SMILES string of the molecule is O=C(CSc1nc2c(sc3ncccc32)c(=O)n1C[C@H]1CCCO1)NCc1ccco1. The average Bonchev–Trinajstić information content (AvgIpc) is 3.54. The number of nitrogens with one attached hydrogen (secondary N) is 1.